The molecule has 79 heavy (non-hydrogen) atoms. The summed E-state index contributed by atoms with van der Waals surface area (Å²) in [4.78, 5) is 76.9. The molecular weight excluding hydrogens is 1000 g/mol. The van der Waals surface area contributed by atoms with Gasteiger partial charge in [-0.2, -0.15) is 0 Å². The van der Waals surface area contributed by atoms with Gasteiger partial charge in [-0.15, -0.1) is 0 Å². The molecule has 0 amide bonds. The van der Waals surface area contributed by atoms with E-state index in [1.165, 1.54) is 0 Å². The fourth-order valence-corrected chi connectivity index (χ4v) is 15.4. The smallest absolute Gasteiger partial charge is 0.320 e. The lowest BCUT2D eigenvalue weighted by molar-refractivity contribution is -0.161. The third-order valence-corrected chi connectivity index (χ3v) is 16.2. The monoisotopic (exact) mass is 1120 g/mol. The Labute approximate surface area is 477 Å². The van der Waals surface area contributed by atoms with E-state index in [-0.39, 0.29) is 132 Å². The Morgan fingerprint density at radius 3 is 0.709 bits per heavy atom. The summed E-state index contributed by atoms with van der Waals surface area (Å²) in [6, 6.07) is -1.00. The maximum atomic E-state index is 14.5. The predicted molar refractivity (Wildman–Crippen MR) is 311 cm³/mol. The van der Waals surface area contributed by atoms with Crippen LogP contribution in [-0.4, -0.2) is 188 Å². The molecule has 5 rings (SSSR count). The number of nitrogens with zero attached hydrogens (tertiary/aromatic N) is 3. The quantitative estimate of drug-likeness (QED) is 0.0585. The summed E-state index contributed by atoms with van der Waals surface area (Å²) in [5, 5.41) is 18.3. The molecule has 5 aliphatic rings. The fraction of sp³-hybridized carbons (Fsp3) is 0.918. The summed E-state index contributed by atoms with van der Waals surface area (Å²) < 4.78 is 31.4. The highest BCUT2D eigenvalue weighted by Gasteiger charge is 2.45. The molecule has 18 heteroatoms. The van der Waals surface area contributed by atoms with Crippen molar-refractivity contribution in [1.29, 1.82) is 0 Å². The summed E-state index contributed by atoms with van der Waals surface area (Å²) in [5.41, 5.74) is -2.70. The standard InChI is InChI=1S/C61H112N8O10/c1-40(33-67(35-47(70)75-42-23-52(3,4)62-53(5,6)24-42)36-48(71)76-43-25-54(7,8)63-55(9,10)26-43)68(37-49(72)77-44-27-56(11,12)64-57(13,14)28-44)34-41(2)69(38-50(73)78-45-29-58(15,16)65-59(17,18)30-45)39-51(74)79-46-31-60(19,20)66-61(21,22)32-46/h40-46,62-66H,23-39H2,1-22H3. The van der Waals surface area contributed by atoms with Gasteiger partial charge in [0.25, 0.3) is 0 Å². The van der Waals surface area contributed by atoms with Gasteiger partial charge in [-0.3, -0.25) is 38.7 Å². The zero-order valence-electron chi connectivity index (χ0n) is 53.5. The van der Waals surface area contributed by atoms with E-state index >= 15 is 0 Å². The Balaban J connectivity index is 1.46. The predicted octanol–water partition coefficient (Wildman–Crippen LogP) is 6.93. The van der Waals surface area contributed by atoms with Gasteiger partial charge in [0, 0.05) is 145 Å². The number of carbonyl (C=O) groups is 5. The van der Waals surface area contributed by atoms with Gasteiger partial charge in [-0.25, -0.2) is 0 Å². The molecular formula is C61H112N8O10. The van der Waals surface area contributed by atoms with Gasteiger partial charge in [-0.05, 0) is 152 Å². The minimum atomic E-state index is -0.518. The second-order valence-electron chi connectivity index (χ2n) is 31.8. The Hall–Kier alpha value is -2.97. The molecule has 456 valence electrons. The lowest BCUT2D eigenvalue weighted by Crippen LogP contribution is -2.60. The molecule has 0 aromatic carbocycles. The van der Waals surface area contributed by atoms with Crippen molar-refractivity contribution in [3.63, 3.8) is 0 Å². The van der Waals surface area contributed by atoms with Crippen LogP contribution in [0.2, 0.25) is 0 Å². The Bertz CT molecular complexity index is 1950. The van der Waals surface area contributed by atoms with Crippen LogP contribution in [0, 0.1) is 0 Å². The lowest BCUT2D eigenvalue weighted by atomic mass is 9.81. The molecule has 5 fully saturated rings. The van der Waals surface area contributed by atoms with Crippen LogP contribution in [0.3, 0.4) is 0 Å². The SMILES string of the molecule is CC(CN(CC(=O)OC1CC(C)(C)NC(C)(C)C1)C(C)CN(CC(=O)OC1CC(C)(C)NC(C)(C)C1)CC(=O)OC1CC(C)(C)NC(C)(C)C1)N(CC(=O)OC1CC(C)(C)NC(C)(C)C1)CC(=O)OC1CC(C)(C)NC(C)(C)C1. The van der Waals surface area contributed by atoms with Crippen LogP contribution in [0.25, 0.3) is 0 Å². The maximum Gasteiger partial charge on any atom is 0.320 e. The first-order valence-electron chi connectivity index (χ1n) is 29.8. The van der Waals surface area contributed by atoms with Gasteiger partial charge in [0.15, 0.2) is 0 Å². The van der Waals surface area contributed by atoms with Gasteiger partial charge < -0.3 is 50.3 Å². The van der Waals surface area contributed by atoms with Gasteiger partial charge >= 0.3 is 29.8 Å². The second-order valence-corrected chi connectivity index (χ2v) is 31.8. The Morgan fingerprint density at radius 1 is 0.316 bits per heavy atom. The third-order valence-electron chi connectivity index (χ3n) is 16.2. The van der Waals surface area contributed by atoms with Crippen molar-refractivity contribution in [2.45, 2.75) is 315 Å². The summed E-state index contributed by atoms with van der Waals surface area (Å²) >= 11 is 0. The van der Waals surface area contributed by atoms with E-state index in [4.69, 9.17) is 23.7 Å². The van der Waals surface area contributed by atoms with Crippen LogP contribution >= 0.6 is 0 Å². The number of piperidine rings is 5. The average Bonchev–Trinajstić information content (AvgIpc) is 3.13. The van der Waals surface area contributed by atoms with E-state index in [2.05, 4.69) is 165 Å². The number of hydrogen-bond acceptors (Lipinski definition) is 18. The molecule has 0 aromatic heterocycles. The van der Waals surface area contributed by atoms with Gasteiger partial charge in [0.05, 0.1) is 32.7 Å². The largest absolute Gasteiger partial charge is 0.461 e. The van der Waals surface area contributed by atoms with Crippen LogP contribution in [0.15, 0.2) is 0 Å². The number of carbonyl (C=O) groups excluding carboxylic acids is 5. The van der Waals surface area contributed by atoms with Crippen LogP contribution in [0.1, 0.15) is 217 Å². The molecule has 5 aliphatic heterocycles. The number of nitrogens with one attached hydrogen (secondary N) is 5. The first-order valence-corrected chi connectivity index (χ1v) is 29.8. The molecule has 0 aliphatic carbocycles. The number of hydrogen-bond donors (Lipinski definition) is 5. The van der Waals surface area contributed by atoms with Crippen molar-refractivity contribution in [2.75, 3.05) is 45.8 Å². The van der Waals surface area contributed by atoms with Crippen molar-refractivity contribution >= 4 is 29.8 Å². The zero-order valence-corrected chi connectivity index (χ0v) is 53.5. The highest BCUT2D eigenvalue weighted by molar-refractivity contribution is 5.76. The van der Waals surface area contributed by atoms with E-state index in [1.54, 1.807) is 9.80 Å². The van der Waals surface area contributed by atoms with Gasteiger partial charge in [-0.1, -0.05) is 0 Å². The van der Waals surface area contributed by atoms with Crippen LogP contribution in [0.5, 0.6) is 0 Å². The fourth-order valence-electron chi connectivity index (χ4n) is 15.4. The van der Waals surface area contributed by atoms with Crippen molar-refractivity contribution < 1.29 is 47.7 Å². The molecule has 5 saturated heterocycles. The van der Waals surface area contributed by atoms with Crippen LogP contribution in [0.4, 0.5) is 0 Å². The molecule has 5 heterocycles. The number of ether oxygens (including phenoxy) is 5. The molecule has 2 atom stereocenters. The number of esters is 5. The van der Waals surface area contributed by atoms with Crippen molar-refractivity contribution in [3.8, 4) is 0 Å². The maximum absolute atomic E-state index is 14.5. The van der Waals surface area contributed by atoms with E-state index in [0.717, 1.165) is 0 Å². The van der Waals surface area contributed by atoms with Crippen LogP contribution < -0.4 is 26.6 Å². The summed E-state index contributed by atoms with van der Waals surface area (Å²) in [6.45, 7) is 45.5. The average molecular weight is 1120 g/mol. The van der Waals surface area contributed by atoms with E-state index in [0.29, 0.717) is 64.2 Å². The van der Waals surface area contributed by atoms with Gasteiger partial charge in [0.1, 0.15) is 30.5 Å². The van der Waals surface area contributed by atoms with E-state index < -0.39 is 41.9 Å². The number of rotatable bonds is 21. The van der Waals surface area contributed by atoms with Gasteiger partial charge in [0.2, 0.25) is 0 Å². The summed E-state index contributed by atoms with van der Waals surface area (Å²) in [5.74, 6) is -2.25. The summed E-state index contributed by atoms with van der Waals surface area (Å²) in [7, 11) is 0. The molecule has 0 aromatic rings. The minimum absolute atomic E-state index is 0.140. The van der Waals surface area contributed by atoms with E-state index in [1.807, 2.05) is 18.7 Å². The Kier molecular flexibility index (Phi) is 20.9. The first kappa shape index (κ1) is 66.8. The summed E-state index contributed by atoms with van der Waals surface area (Å²) in [6.07, 6.45) is 4.52. The van der Waals surface area contributed by atoms with Crippen molar-refractivity contribution in [2.24, 2.45) is 0 Å². The molecule has 2 unspecified atom stereocenters. The third kappa shape index (κ3) is 22.6. The first-order chi connectivity index (χ1) is 35.7. The highest BCUT2D eigenvalue weighted by atomic mass is 16.6. The van der Waals surface area contributed by atoms with E-state index in [9.17, 15) is 24.0 Å². The second kappa shape index (κ2) is 24.7. The molecule has 0 bridgehead atoms. The molecule has 5 N–H and O–H groups in total. The minimum Gasteiger partial charge on any atom is -0.461 e. The zero-order chi connectivity index (χ0) is 59.8. The lowest BCUT2D eigenvalue weighted by Gasteiger charge is -2.46. The molecule has 0 spiro atoms. The van der Waals surface area contributed by atoms with Crippen LogP contribution in [-0.2, 0) is 47.7 Å². The van der Waals surface area contributed by atoms with Crippen molar-refractivity contribution in [1.82, 2.24) is 41.3 Å². The topological polar surface area (TPSA) is 201 Å². The normalized spacial score (nSPS) is 26.2. The van der Waals surface area contributed by atoms with Crippen molar-refractivity contribution in [3.05, 3.63) is 0 Å². The molecule has 18 nitrogen and oxygen atoms in total. The molecule has 0 saturated carbocycles. The molecule has 0 radical (unpaired) electrons. The Morgan fingerprint density at radius 2 is 0.494 bits per heavy atom. The highest BCUT2D eigenvalue weighted by Crippen LogP contribution is 2.35.